The zero-order valence-corrected chi connectivity index (χ0v) is 11.5. The second-order valence-electron chi connectivity index (χ2n) is 3.85. The van der Waals surface area contributed by atoms with Crippen LogP contribution in [0.1, 0.15) is 6.92 Å². The molecule has 1 aromatic carbocycles. The van der Waals surface area contributed by atoms with Crippen LogP contribution >= 0.6 is 0 Å². The maximum atomic E-state index is 12.8. The summed E-state index contributed by atoms with van der Waals surface area (Å²) >= 11 is 0. The van der Waals surface area contributed by atoms with Crippen LogP contribution in [0, 0.1) is 0 Å². The van der Waals surface area contributed by atoms with E-state index in [9.17, 15) is 31.5 Å². The summed E-state index contributed by atoms with van der Waals surface area (Å²) in [7, 11) is -4.79. The van der Waals surface area contributed by atoms with Gasteiger partial charge in [-0.1, -0.05) is 18.2 Å². The number of rotatable bonds is 5. The number of aliphatic hydroxyl groups is 1. The molecule has 1 atom stereocenters. The lowest BCUT2D eigenvalue weighted by molar-refractivity contribution is -0.266. The van der Waals surface area contributed by atoms with Crippen molar-refractivity contribution >= 4 is 16.0 Å². The molecule has 0 aliphatic heterocycles. The van der Waals surface area contributed by atoms with Crippen molar-refractivity contribution in [1.82, 2.24) is 4.72 Å². The van der Waals surface area contributed by atoms with E-state index in [1.807, 2.05) is 0 Å². The highest BCUT2D eigenvalue weighted by Gasteiger charge is 2.63. The third-order valence-corrected chi connectivity index (χ3v) is 3.77. The summed E-state index contributed by atoms with van der Waals surface area (Å²) in [5, 5.41) is 9.45. The number of alkyl halides is 3. The van der Waals surface area contributed by atoms with Gasteiger partial charge in [-0.3, -0.25) is 0 Å². The van der Waals surface area contributed by atoms with Gasteiger partial charge in [0.1, 0.15) is 0 Å². The van der Waals surface area contributed by atoms with Gasteiger partial charge in [0.2, 0.25) is 10.0 Å². The van der Waals surface area contributed by atoms with Crippen LogP contribution < -0.4 is 4.72 Å². The Labute approximate surface area is 118 Å². The standard InChI is InChI=1S/C11H12F3NO5S/c1-2-20-9(16)10(17,11(12,13)14)15-21(18,19)8-6-4-3-5-7-8/h3-7,15,17H,2H2,1H3/t10-/m1/s1. The molecule has 0 aromatic heterocycles. The number of nitrogens with one attached hydrogen (secondary N) is 1. The second kappa shape index (κ2) is 6.00. The number of carbonyl (C=O) groups excluding carboxylic acids is 1. The van der Waals surface area contributed by atoms with Gasteiger partial charge in [-0.2, -0.15) is 17.9 Å². The number of ether oxygens (including phenoxy) is 1. The van der Waals surface area contributed by atoms with Crippen LogP contribution in [0.25, 0.3) is 0 Å². The minimum Gasteiger partial charge on any atom is -0.463 e. The molecule has 0 bridgehead atoms. The number of benzene rings is 1. The monoisotopic (exact) mass is 327 g/mol. The molecule has 1 rings (SSSR count). The molecule has 0 aliphatic carbocycles. The molecule has 2 N–H and O–H groups in total. The minimum absolute atomic E-state index is 0.468. The molecule has 1 aromatic rings. The third-order valence-electron chi connectivity index (χ3n) is 2.32. The van der Waals surface area contributed by atoms with Gasteiger partial charge in [0, 0.05) is 0 Å². The normalized spacial score (nSPS) is 15.3. The Bertz CT molecular complexity index is 602. The number of carbonyl (C=O) groups is 1. The molecule has 0 radical (unpaired) electrons. The van der Waals surface area contributed by atoms with Crippen LogP contribution in [-0.2, 0) is 19.6 Å². The Morgan fingerprint density at radius 3 is 2.24 bits per heavy atom. The third kappa shape index (κ3) is 3.71. The summed E-state index contributed by atoms with van der Waals surface area (Å²) in [6.45, 7) is 0.741. The highest BCUT2D eigenvalue weighted by Crippen LogP contribution is 2.31. The number of hydrogen-bond acceptors (Lipinski definition) is 5. The van der Waals surface area contributed by atoms with E-state index in [-0.39, 0.29) is 0 Å². The van der Waals surface area contributed by atoms with E-state index >= 15 is 0 Å². The molecule has 10 heteroatoms. The Kier molecular flexibility index (Phi) is 4.97. The van der Waals surface area contributed by atoms with Gasteiger partial charge in [-0.25, -0.2) is 13.2 Å². The van der Waals surface area contributed by atoms with Crippen molar-refractivity contribution in [3.8, 4) is 0 Å². The van der Waals surface area contributed by atoms with Crippen molar-refractivity contribution in [1.29, 1.82) is 0 Å². The van der Waals surface area contributed by atoms with Crippen LogP contribution in [0.2, 0.25) is 0 Å². The molecule has 0 aliphatic rings. The first-order valence-corrected chi connectivity index (χ1v) is 7.08. The summed E-state index contributed by atoms with van der Waals surface area (Å²) < 4.78 is 67.2. The van der Waals surface area contributed by atoms with Crippen LogP contribution in [0.15, 0.2) is 35.2 Å². The van der Waals surface area contributed by atoms with Crippen LogP contribution in [0.5, 0.6) is 0 Å². The van der Waals surface area contributed by atoms with Crippen molar-refractivity contribution in [3.63, 3.8) is 0 Å². The fourth-order valence-corrected chi connectivity index (χ4v) is 2.53. The van der Waals surface area contributed by atoms with Gasteiger partial charge in [0.25, 0.3) is 0 Å². The summed E-state index contributed by atoms with van der Waals surface area (Å²) in [5.74, 6) is -2.16. The molecule has 0 fully saturated rings. The molecule has 118 valence electrons. The van der Waals surface area contributed by atoms with E-state index < -0.39 is 39.4 Å². The van der Waals surface area contributed by atoms with Crippen molar-refractivity contribution in [2.75, 3.05) is 6.61 Å². The first kappa shape index (κ1) is 17.4. The lowest BCUT2D eigenvalue weighted by atomic mass is 10.2. The summed E-state index contributed by atoms with van der Waals surface area (Å²) in [6.07, 6.45) is -5.60. The SMILES string of the molecule is CCOC(=O)[C@](O)(NS(=O)(=O)c1ccccc1)C(F)(F)F. The number of hydrogen-bond donors (Lipinski definition) is 2. The van der Waals surface area contributed by atoms with Crippen LogP contribution in [0.3, 0.4) is 0 Å². The predicted octanol–water partition coefficient (Wildman–Crippen LogP) is 0.779. The predicted molar refractivity (Wildman–Crippen MR) is 64.4 cm³/mol. The zero-order chi connectivity index (χ0) is 16.3. The van der Waals surface area contributed by atoms with Gasteiger partial charge in [-0.15, -0.1) is 0 Å². The molecule has 21 heavy (non-hydrogen) atoms. The molecule has 0 spiro atoms. The molecular weight excluding hydrogens is 315 g/mol. The van der Waals surface area contributed by atoms with Gasteiger partial charge < -0.3 is 9.84 Å². The van der Waals surface area contributed by atoms with Crippen molar-refractivity contribution in [3.05, 3.63) is 30.3 Å². The summed E-state index contributed by atoms with van der Waals surface area (Å²) in [4.78, 5) is 10.8. The Hall–Kier alpha value is -1.65. The van der Waals surface area contributed by atoms with Crippen molar-refractivity contribution in [2.24, 2.45) is 0 Å². The summed E-state index contributed by atoms with van der Waals surface area (Å²) in [6, 6.07) is 5.99. The highest BCUT2D eigenvalue weighted by atomic mass is 32.2. The van der Waals surface area contributed by atoms with Crippen molar-refractivity contribution < 1.29 is 36.2 Å². The average Bonchev–Trinajstić information content (AvgIpc) is 2.38. The molecule has 0 heterocycles. The quantitative estimate of drug-likeness (QED) is 0.616. The van der Waals surface area contributed by atoms with E-state index in [0.717, 1.165) is 16.9 Å². The first-order valence-electron chi connectivity index (χ1n) is 5.60. The highest BCUT2D eigenvalue weighted by molar-refractivity contribution is 7.89. The maximum Gasteiger partial charge on any atom is 0.443 e. The van der Waals surface area contributed by atoms with Crippen molar-refractivity contribution in [2.45, 2.75) is 23.7 Å². The topological polar surface area (TPSA) is 92.7 Å². The average molecular weight is 327 g/mol. The second-order valence-corrected chi connectivity index (χ2v) is 5.53. The number of esters is 1. The molecule has 0 saturated carbocycles. The van der Waals surface area contributed by atoms with Gasteiger partial charge in [-0.05, 0) is 19.1 Å². The van der Waals surface area contributed by atoms with E-state index in [0.29, 0.717) is 0 Å². The van der Waals surface area contributed by atoms with Gasteiger partial charge in [0.05, 0.1) is 11.5 Å². The smallest absolute Gasteiger partial charge is 0.443 e. The lowest BCUT2D eigenvalue weighted by Crippen LogP contribution is -2.64. The minimum atomic E-state index is -5.60. The van der Waals surface area contributed by atoms with Crippen LogP contribution in [-0.4, -0.2) is 38.0 Å². The van der Waals surface area contributed by atoms with E-state index in [4.69, 9.17) is 0 Å². The largest absolute Gasteiger partial charge is 0.463 e. The van der Waals surface area contributed by atoms with E-state index in [1.54, 1.807) is 0 Å². The Morgan fingerprint density at radius 2 is 1.81 bits per heavy atom. The Morgan fingerprint density at radius 1 is 1.29 bits per heavy atom. The molecule has 0 saturated heterocycles. The van der Waals surface area contributed by atoms with E-state index in [1.165, 1.54) is 25.1 Å². The number of sulfonamides is 1. The number of halogens is 3. The maximum absolute atomic E-state index is 12.8. The van der Waals surface area contributed by atoms with Gasteiger partial charge in [0.15, 0.2) is 0 Å². The lowest BCUT2D eigenvalue weighted by Gasteiger charge is -2.28. The van der Waals surface area contributed by atoms with Crippen LogP contribution in [0.4, 0.5) is 13.2 Å². The first-order chi connectivity index (χ1) is 9.54. The molecule has 0 unspecified atom stereocenters. The fraction of sp³-hybridized carbons (Fsp3) is 0.364. The molecule has 6 nitrogen and oxygen atoms in total. The van der Waals surface area contributed by atoms with E-state index in [2.05, 4.69) is 4.74 Å². The fourth-order valence-electron chi connectivity index (χ4n) is 1.30. The zero-order valence-electron chi connectivity index (χ0n) is 10.7. The van der Waals surface area contributed by atoms with Gasteiger partial charge >= 0.3 is 17.9 Å². The molecule has 0 amide bonds. The Balaban J connectivity index is 3.23. The summed E-state index contributed by atoms with van der Waals surface area (Å²) in [5.41, 5.74) is -4.36. The molecular formula is C11H12F3NO5S.